The third-order valence-corrected chi connectivity index (χ3v) is 17.4. The lowest BCUT2D eigenvalue weighted by molar-refractivity contribution is 0.627. The van der Waals surface area contributed by atoms with Crippen LogP contribution in [0, 0.1) is 23.0 Å². The number of hydrogen-bond donors (Lipinski definition) is 0. The topological polar surface area (TPSA) is 30.3 Å². The van der Waals surface area contributed by atoms with E-state index in [4.69, 9.17) is 0 Å². The van der Waals surface area contributed by atoms with E-state index in [2.05, 4.69) is 307 Å². The fourth-order valence-corrected chi connectivity index (χ4v) is 12.2. The molecule has 15 rings (SSSR count). The van der Waals surface area contributed by atoms with E-state index >= 15 is 0 Å². The van der Waals surface area contributed by atoms with Crippen LogP contribution >= 0.6 is 0 Å². The second-order valence-corrected chi connectivity index (χ2v) is 23.5. The summed E-state index contributed by atoms with van der Waals surface area (Å²) in [5.74, 6) is -0.498. The molecule has 0 amide bonds. The second-order valence-electron chi connectivity index (χ2n) is 23.5. The lowest BCUT2D eigenvalue weighted by Crippen LogP contribution is -2.09. The molecule has 3 nitrogen and oxygen atoms in total. The highest BCUT2D eigenvalue weighted by molar-refractivity contribution is 5.84. The molecule has 15 aromatic rings. The molecule has 0 saturated heterocycles. The van der Waals surface area contributed by atoms with Crippen LogP contribution in [0.2, 0.25) is 0 Å². The molecule has 0 saturated carbocycles. The number of nitriles is 1. The Morgan fingerprint density at radius 2 is 0.302 bits per heavy atom. The Bertz CT molecular complexity index is 4830. The first-order valence-electron chi connectivity index (χ1n) is 32.0. The average Bonchev–Trinajstić information content (AvgIpc) is 0.859. The molecule has 456 valence electrons. The summed E-state index contributed by atoms with van der Waals surface area (Å²) >= 11 is 0. The molecular weight excluding hydrogens is 1170 g/mol. The van der Waals surface area contributed by atoms with Crippen molar-refractivity contribution in [2.75, 3.05) is 9.80 Å². The summed E-state index contributed by atoms with van der Waals surface area (Å²) in [4.78, 5) is 4.51. The predicted octanol–water partition coefficient (Wildman–Crippen LogP) is 25.5. The number of halogens is 2. The van der Waals surface area contributed by atoms with Crippen LogP contribution in [-0.4, -0.2) is 0 Å². The van der Waals surface area contributed by atoms with Crippen LogP contribution < -0.4 is 9.80 Å². The van der Waals surface area contributed by atoms with Crippen molar-refractivity contribution >= 4 is 34.1 Å². The fraction of sp³-hybridized carbons (Fsp3) is 0. The summed E-state index contributed by atoms with van der Waals surface area (Å²) in [5.41, 5.74) is 27.3. The van der Waals surface area contributed by atoms with E-state index in [1.54, 1.807) is 24.3 Å². The highest BCUT2D eigenvalue weighted by Gasteiger charge is 2.17. The maximum absolute atomic E-state index is 13.5. The molecular formula is C91H63F2N3. The van der Waals surface area contributed by atoms with Crippen LogP contribution in [0.4, 0.5) is 42.9 Å². The average molecular weight is 1240 g/mol. The van der Waals surface area contributed by atoms with Crippen LogP contribution in [-0.2, 0) is 0 Å². The predicted molar refractivity (Wildman–Crippen MR) is 396 cm³/mol. The zero-order valence-electron chi connectivity index (χ0n) is 52.5. The van der Waals surface area contributed by atoms with Gasteiger partial charge in [0.2, 0.25) is 0 Å². The van der Waals surface area contributed by atoms with E-state index in [0.29, 0.717) is 5.56 Å². The molecule has 15 aromatic carbocycles. The van der Waals surface area contributed by atoms with Gasteiger partial charge in [0.15, 0.2) is 0 Å². The Morgan fingerprint density at radius 3 is 0.469 bits per heavy atom. The van der Waals surface area contributed by atoms with E-state index in [1.165, 1.54) is 79.9 Å². The van der Waals surface area contributed by atoms with E-state index in [-0.39, 0.29) is 11.6 Å². The summed E-state index contributed by atoms with van der Waals surface area (Å²) in [6.07, 6.45) is 0. The van der Waals surface area contributed by atoms with Crippen molar-refractivity contribution in [2.24, 2.45) is 0 Å². The van der Waals surface area contributed by atoms with Crippen molar-refractivity contribution in [3.63, 3.8) is 0 Å². The Labute approximate surface area is 560 Å². The number of benzene rings is 15. The van der Waals surface area contributed by atoms with E-state index in [1.807, 2.05) is 42.5 Å². The fourth-order valence-electron chi connectivity index (χ4n) is 12.2. The summed E-state index contributed by atoms with van der Waals surface area (Å²) in [6.45, 7) is 0. The lowest BCUT2D eigenvalue weighted by atomic mass is 9.99. The van der Waals surface area contributed by atoms with Gasteiger partial charge >= 0.3 is 0 Å². The molecule has 5 heteroatoms. The van der Waals surface area contributed by atoms with Gasteiger partial charge in [-0.1, -0.05) is 273 Å². The van der Waals surface area contributed by atoms with Crippen LogP contribution in [0.5, 0.6) is 0 Å². The minimum Gasteiger partial charge on any atom is -0.311 e. The summed E-state index contributed by atoms with van der Waals surface area (Å²) < 4.78 is 27.0. The smallest absolute Gasteiger partial charge is 0.123 e. The Hall–Kier alpha value is -12.8. The van der Waals surface area contributed by atoms with Gasteiger partial charge in [-0.15, -0.1) is 0 Å². The Balaban J connectivity index is 0.000000166. The number of anilines is 6. The Morgan fingerprint density at radius 1 is 0.167 bits per heavy atom. The summed E-state index contributed by atoms with van der Waals surface area (Å²) in [7, 11) is 0. The van der Waals surface area contributed by atoms with E-state index in [0.717, 1.165) is 78.6 Å². The molecule has 0 unspecified atom stereocenters. The van der Waals surface area contributed by atoms with Crippen molar-refractivity contribution in [1.29, 1.82) is 5.26 Å². The molecule has 0 aromatic heterocycles. The third kappa shape index (κ3) is 14.0. The highest BCUT2D eigenvalue weighted by atomic mass is 19.1. The molecule has 0 spiro atoms. The summed E-state index contributed by atoms with van der Waals surface area (Å²) in [6, 6.07) is 132. The second kappa shape index (κ2) is 28.4. The van der Waals surface area contributed by atoms with E-state index < -0.39 is 0 Å². The van der Waals surface area contributed by atoms with E-state index in [9.17, 15) is 14.0 Å². The molecule has 0 bridgehead atoms. The van der Waals surface area contributed by atoms with Gasteiger partial charge in [-0.2, -0.15) is 5.26 Å². The number of nitrogens with zero attached hydrogens (tertiary/aromatic N) is 3. The standard InChI is InChI=1S/C49H34N2.C42H29F2N/c50-35-36-11-13-39(14-12-36)44-23-29-47(30-24-44)51(48-31-25-45(26-32-48)42-19-15-40(16-20-42)37-7-3-1-4-8-37)49-33-27-46(28-34-49)43-21-17-41(18-22-43)38-9-5-2-6-10-38;43-38-20-10-33(11-21-38)36-16-26-41(27-17-36)45(42-28-18-37(19-29-42)34-12-22-39(44)23-13-34)40-24-14-35(15-25-40)32-8-6-31(7-9-32)30-4-2-1-3-5-30/h1-34H;1-29H. The van der Waals surface area contributed by atoms with Crippen molar-refractivity contribution in [2.45, 2.75) is 0 Å². The van der Waals surface area contributed by atoms with Gasteiger partial charge in [-0.05, 0) is 209 Å². The molecule has 0 N–H and O–H groups in total. The maximum atomic E-state index is 13.5. The number of hydrogen-bond acceptors (Lipinski definition) is 3. The maximum Gasteiger partial charge on any atom is 0.123 e. The first-order valence-corrected chi connectivity index (χ1v) is 32.0. The molecule has 96 heavy (non-hydrogen) atoms. The van der Waals surface area contributed by atoms with Gasteiger partial charge in [0.05, 0.1) is 11.6 Å². The molecule has 0 aliphatic heterocycles. The molecule has 0 radical (unpaired) electrons. The normalized spacial score (nSPS) is 10.8. The lowest BCUT2D eigenvalue weighted by Gasteiger charge is -2.26. The molecule has 0 aliphatic carbocycles. The zero-order valence-corrected chi connectivity index (χ0v) is 52.5. The molecule has 0 fully saturated rings. The summed E-state index contributed by atoms with van der Waals surface area (Å²) in [5, 5.41) is 9.23. The van der Waals surface area contributed by atoms with Gasteiger partial charge in [-0.25, -0.2) is 8.78 Å². The van der Waals surface area contributed by atoms with Crippen molar-refractivity contribution < 1.29 is 8.78 Å². The molecule has 0 aliphatic rings. The van der Waals surface area contributed by atoms with Gasteiger partial charge in [-0.3, -0.25) is 0 Å². The van der Waals surface area contributed by atoms with Gasteiger partial charge in [0.25, 0.3) is 0 Å². The molecule has 0 heterocycles. The quantitative estimate of drug-likeness (QED) is 0.102. The Kier molecular flexibility index (Phi) is 18.0. The van der Waals surface area contributed by atoms with Crippen LogP contribution in [0.25, 0.3) is 100 Å². The van der Waals surface area contributed by atoms with Crippen LogP contribution in [0.3, 0.4) is 0 Å². The van der Waals surface area contributed by atoms with Crippen molar-refractivity contribution in [3.05, 3.63) is 399 Å². The molecule has 0 atom stereocenters. The minimum atomic E-state index is -0.249. The highest BCUT2D eigenvalue weighted by Crippen LogP contribution is 2.41. The third-order valence-electron chi connectivity index (χ3n) is 17.4. The van der Waals surface area contributed by atoms with Gasteiger partial charge < -0.3 is 9.80 Å². The zero-order chi connectivity index (χ0) is 65.0. The van der Waals surface area contributed by atoms with Crippen LogP contribution in [0.15, 0.2) is 382 Å². The SMILES string of the molecule is Fc1ccc(-c2ccc(N(c3ccc(-c4ccc(F)cc4)cc3)c3ccc(-c4ccc(-c5ccccc5)cc4)cc3)cc2)cc1.N#Cc1ccc(-c2ccc(N(c3ccc(-c4ccc(-c5ccccc5)cc4)cc3)c3ccc(-c4ccc(-c5ccccc5)cc4)cc3)cc2)cc1. The largest absolute Gasteiger partial charge is 0.311 e. The monoisotopic (exact) mass is 1240 g/mol. The minimum absolute atomic E-state index is 0.249. The van der Waals surface area contributed by atoms with Crippen molar-refractivity contribution in [3.8, 4) is 106 Å². The van der Waals surface area contributed by atoms with Gasteiger partial charge in [0.1, 0.15) is 11.6 Å². The number of rotatable bonds is 15. The van der Waals surface area contributed by atoms with Gasteiger partial charge in [0, 0.05) is 34.1 Å². The van der Waals surface area contributed by atoms with Crippen LogP contribution in [0.1, 0.15) is 5.56 Å². The first-order chi connectivity index (χ1) is 47.3. The van der Waals surface area contributed by atoms with Crippen molar-refractivity contribution in [1.82, 2.24) is 0 Å². The first kappa shape index (κ1) is 60.8.